The number of nitrogens with zero attached hydrogens (tertiary/aromatic N) is 2. The number of hydrogen-bond donors (Lipinski definition) is 0. The van der Waals surface area contributed by atoms with Crippen LogP contribution in [0, 0.1) is 5.92 Å². The van der Waals surface area contributed by atoms with Gasteiger partial charge >= 0.3 is 5.97 Å². The molecule has 30 heavy (non-hydrogen) atoms. The minimum absolute atomic E-state index is 0.170. The quantitative estimate of drug-likeness (QED) is 0.489. The fourth-order valence-electron chi connectivity index (χ4n) is 4.77. The third-order valence-corrected chi connectivity index (χ3v) is 6.38. The number of aryl methyl sites for hydroxylation is 1. The summed E-state index contributed by atoms with van der Waals surface area (Å²) in [6.07, 6.45) is 6.37. The molecule has 1 aliphatic heterocycles. The topological polar surface area (TPSA) is 34.5 Å². The van der Waals surface area contributed by atoms with Gasteiger partial charge in [-0.25, -0.2) is 0 Å². The van der Waals surface area contributed by atoms with Gasteiger partial charge in [0, 0.05) is 43.2 Å². The number of benzene rings is 2. The lowest BCUT2D eigenvalue weighted by molar-refractivity contribution is -0.147. The average molecular weight is 405 g/mol. The van der Waals surface area contributed by atoms with E-state index in [0.29, 0.717) is 5.92 Å². The molecule has 4 heteroatoms. The Hall–Kier alpha value is -2.59. The van der Waals surface area contributed by atoms with E-state index >= 15 is 0 Å². The van der Waals surface area contributed by atoms with E-state index in [1.165, 1.54) is 36.2 Å². The first-order valence-electron chi connectivity index (χ1n) is 11.1. The Morgan fingerprint density at radius 2 is 1.77 bits per heavy atom. The molecule has 2 heterocycles. The lowest BCUT2D eigenvalue weighted by atomic mass is 9.89. The Morgan fingerprint density at radius 1 is 1.07 bits per heavy atom. The third-order valence-electron chi connectivity index (χ3n) is 6.38. The third kappa shape index (κ3) is 4.93. The van der Waals surface area contributed by atoms with Crippen molar-refractivity contribution in [3.8, 4) is 0 Å². The Kier molecular flexibility index (Phi) is 6.53. The molecule has 0 radical (unpaired) electrons. The maximum atomic E-state index is 11.8. The summed E-state index contributed by atoms with van der Waals surface area (Å²) in [5.41, 5.74) is 3.70. The van der Waals surface area contributed by atoms with E-state index in [1.54, 1.807) is 0 Å². The van der Waals surface area contributed by atoms with Crippen molar-refractivity contribution in [2.45, 2.75) is 45.3 Å². The van der Waals surface area contributed by atoms with Crippen molar-refractivity contribution >= 4 is 16.9 Å². The second-order valence-corrected chi connectivity index (χ2v) is 8.59. The molecule has 0 N–H and O–H groups in total. The fraction of sp³-hybridized carbons (Fsp3) is 0.423. The summed E-state index contributed by atoms with van der Waals surface area (Å²) in [5, 5.41) is 1.18. The normalized spacial score (nSPS) is 16.6. The number of para-hydroxylation sites is 1. The van der Waals surface area contributed by atoms with Gasteiger partial charge in [-0.15, -0.1) is 0 Å². The lowest BCUT2D eigenvalue weighted by Gasteiger charge is -2.32. The summed E-state index contributed by atoms with van der Waals surface area (Å²) in [4.78, 5) is 14.4. The molecule has 1 atom stereocenters. The van der Waals surface area contributed by atoms with Gasteiger partial charge in [0.05, 0.1) is 0 Å². The van der Waals surface area contributed by atoms with Crippen molar-refractivity contribution in [3.63, 3.8) is 0 Å². The van der Waals surface area contributed by atoms with Crippen LogP contribution in [-0.2, 0) is 23.1 Å². The van der Waals surface area contributed by atoms with Crippen molar-refractivity contribution in [1.82, 2.24) is 9.47 Å². The van der Waals surface area contributed by atoms with E-state index in [1.807, 2.05) is 0 Å². The van der Waals surface area contributed by atoms with Gasteiger partial charge in [0.15, 0.2) is 0 Å². The van der Waals surface area contributed by atoms with Crippen molar-refractivity contribution in [1.29, 1.82) is 0 Å². The maximum Gasteiger partial charge on any atom is 0.303 e. The summed E-state index contributed by atoms with van der Waals surface area (Å²) >= 11 is 0. The average Bonchev–Trinajstić information content (AvgIpc) is 3.09. The number of likely N-dealkylation sites (tertiary alicyclic amines) is 1. The molecule has 2 aromatic carbocycles. The van der Waals surface area contributed by atoms with E-state index in [2.05, 4.69) is 77.3 Å². The molecule has 0 spiro atoms. The summed E-state index contributed by atoms with van der Waals surface area (Å²) < 4.78 is 7.91. The molecule has 3 aromatic rings. The highest BCUT2D eigenvalue weighted by molar-refractivity contribution is 5.84. The van der Waals surface area contributed by atoms with Gasteiger partial charge in [-0.05, 0) is 56.3 Å². The van der Waals surface area contributed by atoms with Gasteiger partial charge in [-0.2, -0.15) is 0 Å². The van der Waals surface area contributed by atoms with Crippen molar-refractivity contribution in [2.24, 2.45) is 13.0 Å². The molecular weight excluding hydrogens is 372 g/mol. The SMILES string of the molecule is CC(=O)OC(CCC1CCN(Cc2ccccc2)CC1)c1cn(C)c2ccccc12. The zero-order valence-electron chi connectivity index (χ0n) is 18.1. The Bertz CT molecular complexity index is 971. The van der Waals surface area contributed by atoms with Crippen LogP contribution >= 0.6 is 0 Å². The number of hydrogen-bond acceptors (Lipinski definition) is 3. The summed E-state index contributed by atoms with van der Waals surface area (Å²) in [5.74, 6) is 0.496. The molecule has 1 fully saturated rings. The van der Waals surface area contributed by atoms with Crippen LogP contribution < -0.4 is 0 Å². The maximum absolute atomic E-state index is 11.8. The van der Waals surface area contributed by atoms with Gasteiger partial charge in [-0.1, -0.05) is 48.5 Å². The largest absolute Gasteiger partial charge is 0.458 e. The minimum atomic E-state index is -0.203. The van der Waals surface area contributed by atoms with Crippen LogP contribution in [0.1, 0.15) is 49.8 Å². The molecule has 1 aromatic heterocycles. The molecule has 4 nitrogen and oxygen atoms in total. The van der Waals surface area contributed by atoms with Crippen molar-refractivity contribution in [2.75, 3.05) is 13.1 Å². The molecule has 0 amide bonds. The van der Waals surface area contributed by atoms with Crippen LogP contribution in [0.25, 0.3) is 10.9 Å². The highest BCUT2D eigenvalue weighted by Crippen LogP contribution is 2.34. The number of piperidine rings is 1. The molecule has 0 bridgehead atoms. The molecule has 1 aliphatic rings. The second-order valence-electron chi connectivity index (χ2n) is 8.59. The Labute approximate surface area is 179 Å². The van der Waals surface area contributed by atoms with Gasteiger partial charge in [-0.3, -0.25) is 9.69 Å². The molecule has 158 valence electrons. The molecule has 0 aliphatic carbocycles. The fourth-order valence-corrected chi connectivity index (χ4v) is 4.77. The number of aromatic nitrogens is 1. The first-order chi connectivity index (χ1) is 14.6. The molecular formula is C26H32N2O2. The van der Waals surface area contributed by atoms with E-state index in [9.17, 15) is 4.79 Å². The Morgan fingerprint density at radius 3 is 2.50 bits per heavy atom. The van der Waals surface area contributed by atoms with Gasteiger partial charge in [0.25, 0.3) is 0 Å². The minimum Gasteiger partial charge on any atom is -0.458 e. The van der Waals surface area contributed by atoms with Crippen LogP contribution in [0.5, 0.6) is 0 Å². The highest BCUT2D eigenvalue weighted by Gasteiger charge is 2.24. The predicted octanol–water partition coefficient (Wildman–Crippen LogP) is 5.47. The number of carbonyl (C=O) groups is 1. The Balaban J connectivity index is 1.36. The number of fused-ring (bicyclic) bond motifs is 1. The van der Waals surface area contributed by atoms with Gasteiger partial charge in [0.1, 0.15) is 6.10 Å². The highest BCUT2D eigenvalue weighted by atomic mass is 16.5. The van der Waals surface area contributed by atoms with Crippen LogP contribution in [0.4, 0.5) is 0 Å². The zero-order valence-corrected chi connectivity index (χ0v) is 18.1. The monoisotopic (exact) mass is 404 g/mol. The predicted molar refractivity (Wildman–Crippen MR) is 121 cm³/mol. The molecule has 4 rings (SSSR count). The molecule has 1 unspecified atom stereocenters. The van der Waals surface area contributed by atoms with Gasteiger partial charge < -0.3 is 9.30 Å². The van der Waals surface area contributed by atoms with Crippen LogP contribution in [0.3, 0.4) is 0 Å². The van der Waals surface area contributed by atoms with Crippen LogP contribution in [-0.4, -0.2) is 28.5 Å². The van der Waals surface area contributed by atoms with E-state index < -0.39 is 0 Å². The number of ether oxygens (including phenoxy) is 1. The zero-order chi connectivity index (χ0) is 20.9. The van der Waals surface area contributed by atoms with Crippen molar-refractivity contribution < 1.29 is 9.53 Å². The summed E-state index contributed by atoms with van der Waals surface area (Å²) in [6.45, 7) is 4.85. The second kappa shape index (κ2) is 9.48. The van der Waals surface area contributed by atoms with E-state index in [0.717, 1.165) is 38.0 Å². The van der Waals surface area contributed by atoms with E-state index in [4.69, 9.17) is 4.74 Å². The number of esters is 1. The summed E-state index contributed by atoms with van der Waals surface area (Å²) in [6, 6.07) is 19.1. The van der Waals surface area contributed by atoms with Crippen LogP contribution in [0.15, 0.2) is 60.8 Å². The summed E-state index contributed by atoms with van der Waals surface area (Å²) in [7, 11) is 2.05. The number of carbonyl (C=O) groups excluding carboxylic acids is 1. The first-order valence-corrected chi connectivity index (χ1v) is 11.1. The van der Waals surface area contributed by atoms with E-state index in [-0.39, 0.29) is 12.1 Å². The van der Waals surface area contributed by atoms with Crippen molar-refractivity contribution in [3.05, 3.63) is 71.9 Å². The molecule has 1 saturated heterocycles. The smallest absolute Gasteiger partial charge is 0.303 e. The van der Waals surface area contributed by atoms with Crippen LogP contribution in [0.2, 0.25) is 0 Å². The first kappa shape index (κ1) is 20.7. The number of rotatable bonds is 7. The standard InChI is InChI=1S/C26H32N2O2/c1-20(29)30-26(24-19-27(2)25-11-7-6-10-23(24)25)13-12-21-14-16-28(17-15-21)18-22-8-4-3-5-9-22/h3-11,19,21,26H,12-18H2,1-2H3. The molecule has 0 saturated carbocycles. The lowest BCUT2D eigenvalue weighted by Crippen LogP contribution is -2.33. The van der Waals surface area contributed by atoms with Gasteiger partial charge in [0.2, 0.25) is 0 Å².